The van der Waals surface area contributed by atoms with Crippen molar-refractivity contribution in [3.63, 3.8) is 0 Å². The quantitative estimate of drug-likeness (QED) is 0.650. The molecule has 5 nitrogen and oxygen atoms in total. The van der Waals surface area contributed by atoms with Gasteiger partial charge in [-0.2, -0.15) is 0 Å². The lowest BCUT2D eigenvalue weighted by Gasteiger charge is -2.10. The molecule has 0 bridgehead atoms. The molecule has 0 aromatic carbocycles. The molecule has 0 radical (unpaired) electrons. The first-order valence-electron chi connectivity index (χ1n) is 3.87. The Morgan fingerprint density at radius 2 is 2.23 bits per heavy atom. The SMILES string of the molecule is Cc1nccc(C(=O)NN(C)C)n1. The topological polar surface area (TPSA) is 58.1 Å². The maximum Gasteiger partial charge on any atom is 0.284 e. The molecule has 0 unspecified atom stereocenters. The number of aromatic nitrogens is 2. The fourth-order valence-corrected chi connectivity index (χ4v) is 0.843. The van der Waals surface area contributed by atoms with Crippen LogP contribution in [0.25, 0.3) is 0 Å². The zero-order valence-electron chi connectivity index (χ0n) is 7.90. The molecule has 5 heteroatoms. The number of aryl methyl sites for hydroxylation is 1. The maximum atomic E-state index is 11.4. The number of carbonyl (C=O) groups is 1. The zero-order chi connectivity index (χ0) is 9.84. The average Bonchev–Trinajstić information content (AvgIpc) is 2.03. The van der Waals surface area contributed by atoms with E-state index in [1.807, 2.05) is 0 Å². The Labute approximate surface area is 76.8 Å². The van der Waals surface area contributed by atoms with Crippen molar-refractivity contribution < 1.29 is 4.79 Å². The molecule has 0 fully saturated rings. The zero-order valence-corrected chi connectivity index (χ0v) is 7.90. The van der Waals surface area contributed by atoms with E-state index in [1.54, 1.807) is 38.3 Å². The number of rotatable bonds is 2. The number of hydrogen-bond donors (Lipinski definition) is 1. The maximum absolute atomic E-state index is 11.4. The summed E-state index contributed by atoms with van der Waals surface area (Å²) in [6, 6.07) is 1.58. The lowest BCUT2D eigenvalue weighted by molar-refractivity contribution is 0.0851. The Kier molecular flexibility index (Phi) is 2.92. The number of carbonyl (C=O) groups excluding carboxylic acids is 1. The number of nitrogens with zero attached hydrogens (tertiary/aromatic N) is 3. The lowest BCUT2D eigenvalue weighted by atomic mass is 10.4. The van der Waals surface area contributed by atoms with E-state index in [0.29, 0.717) is 11.5 Å². The van der Waals surface area contributed by atoms with E-state index in [-0.39, 0.29) is 5.91 Å². The van der Waals surface area contributed by atoms with Gasteiger partial charge in [0.25, 0.3) is 5.91 Å². The molecule has 1 heterocycles. The Morgan fingerprint density at radius 3 is 2.77 bits per heavy atom. The van der Waals surface area contributed by atoms with Crippen molar-refractivity contribution in [1.29, 1.82) is 0 Å². The summed E-state index contributed by atoms with van der Waals surface area (Å²) in [7, 11) is 3.48. The fourth-order valence-electron chi connectivity index (χ4n) is 0.843. The molecule has 0 aliphatic rings. The second-order valence-electron chi connectivity index (χ2n) is 2.82. The third-order valence-corrected chi connectivity index (χ3v) is 1.33. The van der Waals surface area contributed by atoms with E-state index < -0.39 is 0 Å². The number of nitrogens with one attached hydrogen (secondary N) is 1. The van der Waals surface area contributed by atoms with Crippen LogP contribution in [0.2, 0.25) is 0 Å². The van der Waals surface area contributed by atoms with Crippen LogP contribution in [0.4, 0.5) is 0 Å². The summed E-state index contributed by atoms with van der Waals surface area (Å²) in [4.78, 5) is 19.2. The van der Waals surface area contributed by atoms with Crippen LogP contribution in [-0.2, 0) is 0 Å². The van der Waals surface area contributed by atoms with Crippen molar-refractivity contribution in [2.75, 3.05) is 14.1 Å². The summed E-state index contributed by atoms with van der Waals surface area (Å²) >= 11 is 0. The van der Waals surface area contributed by atoms with Crippen LogP contribution in [0.3, 0.4) is 0 Å². The minimum atomic E-state index is -0.226. The molecule has 1 rings (SSSR count). The summed E-state index contributed by atoms with van der Waals surface area (Å²) in [5, 5.41) is 1.57. The van der Waals surface area contributed by atoms with Gasteiger partial charge in [0.05, 0.1) is 0 Å². The highest BCUT2D eigenvalue weighted by atomic mass is 16.2. The van der Waals surface area contributed by atoms with E-state index in [9.17, 15) is 4.79 Å². The van der Waals surface area contributed by atoms with Crippen LogP contribution in [-0.4, -0.2) is 35.0 Å². The third kappa shape index (κ3) is 2.79. The first-order chi connectivity index (χ1) is 6.09. The Morgan fingerprint density at radius 1 is 1.54 bits per heavy atom. The highest BCUT2D eigenvalue weighted by Crippen LogP contribution is 1.94. The highest BCUT2D eigenvalue weighted by Gasteiger charge is 2.06. The lowest BCUT2D eigenvalue weighted by Crippen LogP contribution is -2.36. The first kappa shape index (κ1) is 9.60. The normalized spacial score (nSPS) is 10.2. The molecule has 0 spiro atoms. The smallest absolute Gasteiger partial charge is 0.284 e. The monoisotopic (exact) mass is 180 g/mol. The molecule has 70 valence electrons. The van der Waals surface area contributed by atoms with Crippen molar-refractivity contribution >= 4 is 5.91 Å². The molecule has 1 aromatic heterocycles. The number of hydrazine groups is 1. The van der Waals surface area contributed by atoms with Crippen molar-refractivity contribution in [2.24, 2.45) is 0 Å². The summed E-state index contributed by atoms with van der Waals surface area (Å²) in [5.41, 5.74) is 2.97. The van der Waals surface area contributed by atoms with Gasteiger partial charge in [-0.05, 0) is 13.0 Å². The average molecular weight is 180 g/mol. The molecule has 0 atom stereocenters. The molecule has 1 aromatic rings. The molecule has 1 N–H and O–H groups in total. The van der Waals surface area contributed by atoms with E-state index in [4.69, 9.17) is 0 Å². The summed E-state index contributed by atoms with van der Waals surface area (Å²) in [5.74, 6) is 0.363. The summed E-state index contributed by atoms with van der Waals surface area (Å²) in [6.45, 7) is 1.74. The van der Waals surface area contributed by atoms with Gasteiger partial charge in [0.1, 0.15) is 11.5 Å². The van der Waals surface area contributed by atoms with Crippen LogP contribution >= 0.6 is 0 Å². The Hall–Kier alpha value is -1.49. The molecular formula is C8H12N4O. The summed E-state index contributed by atoms with van der Waals surface area (Å²) in [6.07, 6.45) is 1.56. The van der Waals surface area contributed by atoms with Crippen LogP contribution in [0, 0.1) is 6.92 Å². The predicted molar refractivity (Wildman–Crippen MR) is 47.9 cm³/mol. The van der Waals surface area contributed by atoms with Crippen LogP contribution in [0.1, 0.15) is 16.3 Å². The minimum absolute atomic E-state index is 0.226. The minimum Gasteiger partial charge on any atom is -0.284 e. The van der Waals surface area contributed by atoms with Gasteiger partial charge in [-0.15, -0.1) is 0 Å². The van der Waals surface area contributed by atoms with Gasteiger partial charge in [-0.3, -0.25) is 10.2 Å². The predicted octanol–water partition coefficient (Wildman–Crippen LogP) is -0.00858. The van der Waals surface area contributed by atoms with Gasteiger partial charge >= 0.3 is 0 Å². The second-order valence-corrected chi connectivity index (χ2v) is 2.82. The first-order valence-corrected chi connectivity index (χ1v) is 3.87. The van der Waals surface area contributed by atoms with E-state index >= 15 is 0 Å². The Balaban J connectivity index is 2.77. The number of hydrogen-bond acceptors (Lipinski definition) is 4. The van der Waals surface area contributed by atoms with Gasteiger partial charge < -0.3 is 0 Å². The fraction of sp³-hybridized carbons (Fsp3) is 0.375. The van der Waals surface area contributed by atoms with Gasteiger partial charge in [-0.25, -0.2) is 15.0 Å². The number of amides is 1. The van der Waals surface area contributed by atoms with Gasteiger partial charge in [0.2, 0.25) is 0 Å². The van der Waals surface area contributed by atoms with Gasteiger partial charge in [0, 0.05) is 20.3 Å². The van der Waals surface area contributed by atoms with E-state index in [2.05, 4.69) is 15.4 Å². The second kappa shape index (κ2) is 3.95. The van der Waals surface area contributed by atoms with Gasteiger partial charge in [0.15, 0.2) is 0 Å². The van der Waals surface area contributed by atoms with Crippen molar-refractivity contribution in [1.82, 2.24) is 20.4 Å². The van der Waals surface area contributed by atoms with E-state index in [1.165, 1.54) is 0 Å². The molecule has 1 amide bonds. The van der Waals surface area contributed by atoms with Crippen LogP contribution in [0.15, 0.2) is 12.3 Å². The van der Waals surface area contributed by atoms with Crippen molar-refractivity contribution in [3.8, 4) is 0 Å². The standard InChI is InChI=1S/C8H12N4O/c1-6-9-5-4-7(10-6)8(13)11-12(2)3/h4-5H,1-3H3,(H,11,13). The molecule has 0 saturated carbocycles. The Bertz CT molecular complexity index is 311. The highest BCUT2D eigenvalue weighted by molar-refractivity contribution is 5.91. The molecule has 0 aliphatic carbocycles. The molecule has 13 heavy (non-hydrogen) atoms. The molecular weight excluding hydrogens is 168 g/mol. The van der Waals surface area contributed by atoms with Crippen LogP contribution in [0.5, 0.6) is 0 Å². The summed E-state index contributed by atoms with van der Waals surface area (Å²) < 4.78 is 0. The molecule has 0 saturated heterocycles. The van der Waals surface area contributed by atoms with Gasteiger partial charge in [-0.1, -0.05) is 0 Å². The van der Waals surface area contributed by atoms with Crippen LogP contribution < -0.4 is 5.43 Å². The van der Waals surface area contributed by atoms with Crippen molar-refractivity contribution in [2.45, 2.75) is 6.92 Å². The third-order valence-electron chi connectivity index (χ3n) is 1.33. The van der Waals surface area contributed by atoms with Crippen molar-refractivity contribution in [3.05, 3.63) is 23.8 Å². The largest absolute Gasteiger partial charge is 0.284 e. The molecule has 0 aliphatic heterocycles. The van der Waals surface area contributed by atoms with E-state index in [0.717, 1.165) is 0 Å².